The Morgan fingerprint density at radius 1 is 1.06 bits per heavy atom. The summed E-state index contributed by atoms with van der Waals surface area (Å²) >= 11 is -0.341. The molecular weight excluding hydrogens is 602 g/mol. The zero-order valence-electron chi connectivity index (χ0n) is 18.8. The average Bonchev–Trinajstić information content (AvgIpc) is 3.31. The zero-order valence-corrected chi connectivity index (χ0v) is 21.8. The summed E-state index contributed by atoms with van der Waals surface area (Å²) in [6.07, 6.45) is -4.38. The lowest BCUT2D eigenvalue weighted by atomic mass is 9.99. The summed E-state index contributed by atoms with van der Waals surface area (Å²) in [6.45, 7) is 0.673. The maximum absolute atomic E-state index is 14.1. The molecule has 192 valence electrons. The van der Waals surface area contributed by atoms with Crippen molar-refractivity contribution in [2.45, 2.75) is 40.7 Å². The third-order valence-electron chi connectivity index (χ3n) is 5.55. The Balaban J connectivity index is 2.16. The van der Waals surface area contributed by atoms with Crippen molar-refractivity contribution in [2.75, 3.05) is 31.1 Å². The molecule has 0 aliphatic carbocycles. The van der Waals surface area contributed by atoms with Gasteiger partial charge in [-0.3, -0.25) is 0 Å². The molecular formula is C24H26F5IN2O2S. The van der Waals surface area contributed by atoms with Crippen LogP contribution >= 0.6 is 32.7 Å². The summed E-state index contributed by atoms with van der Waals surface area (Å²) in [7, 11) is 0. The summed E-state index contributed by atoms with van der Waals surface area (Å²) in [5, 5.41) is 9.75. The standard InChI is InChI=1S/C24H26F5IN2O2S/c1-30-24(28,29)10-14-31(13-9-23(25,26)27)19-15-18(22(33)34)16-20(35-32-11-5-6-12-32)21(19)17-7-3-2-4-8-17/h2-4,7-8,15-16H,1,5-6,9-14H2,(H,33,34). The molecule has 1 saturated heterocycles. The number of carbonyl (C=O) groups is 1. The van der Waals surface area contributed by atoms with Crippen LogP contribution in [0.2, 0.25) is 0 Å². The van der Waals surface area contributed by atoms with E-state index < -0.39 is 56.2 Å². The smallest absolute Gasteiger partial charge is 0.390 e. The third-order valence-corrected chi connectivity index (χ3v) is 8.35. The third kappa shape index (κ3) is 8.14. The second-order valence-corrected chi connectivity index (χ2v) is 11.6. The molecule has 2 aromatic rings. The van der Waals surface area contributed by atoms with Crippen LogP contribution in [0, 0.1) is 0 Å². The highest BCUT2D eigenvalue weighted by Gasteiger charge is 2.32. The fraction of sp³-hybridized carbons (Fsp3) is 0.417. The predicted molar refractivity (Wildman–Crippen MR) is 139 cm³/mol. The molecule has 0 radical (unpaired) electrons. The van der Waals surface area contributed by atoms with Crippen LogP contribution in [-0.4, -0.2) is 56.2 Å². The number of aromatic carboxylic acids is 1. The van der Waals surface area contributed by atoms with E-state index in [-0.39, 0.29) is 17.8 Å². The van der Waals surface area contributed by atoms with E-state index in [4.69, 9.17) is 0 Å². The van der Waals surface area contributed by atoms with Crippen molar-refractivity contribution >= 4 is 48.9 Å². The van der Waals surface area contributed by atoms with Gasteiger partial charge in [-0.15, -0.1) is 0 Å². The molecule has 0 atom stereocenters. The van der Waals surface area contributed by atoms with Gasteiger partial charge in [0.05, 0.1) is 12.0 Å². The van der Waals surface area contributed by atoms with Crippen molar-refractivity contribution in [2.24, 2.45) is 0 Å². The van der Waals surface area contributed by atoms with Gasteiger partial charge in [-0.1, -0.05) is 55.6 Å². The number of hydrogen-bond donors (Lipinski definition) is 1. The number of halogens is 6. The minimum Gasteiger partial charge on any atom is -0.478 e. The highest BCUT2D eigenvalue weighted by molar-refractivity contribution is 14.2. The molecule has 1 aliphatic rings. The summed E-state index contributed by atoms with van der Waals surface area (Å²) < 4.78 is 70.1. The summed E-state index contributed by atoms with van der Waals surface area (Å²) in [5.74, 6) is -1.24. The maximum atomic E-state index is 14.1. The Hall–Kier alpha value is -1.73. The lowest BCUT2D eigenvalue weighted by molar-refractivity contribution is -0.132. The lowest BCUT2D eigenvalue weighted by Crippen LogP contribution is -2.32. The van der Waals surface area contributed by atoms with E-state index in [2.05, 4.69) is 8.82 Å². The van der Waals surface area contributed by atoms with Crippen LogP contribution in [0.15, 0.2) is 47.4 Å². The summed E-state index contributed by atoms with van der Waals surface area (Å²) in [6, 6.07) is 11.7. The van der Waals surface area contributed by atoms with Gasteiger partial charge in [0.1, 0.15) is 0 Å². The molecule has 0 spiro atoms. The van der Waals surface area contributed by atoms with E-state index in [9.17, 15) is 31.9 Å². The van der Waals surface area contributed by atoms with Gasteiger partial charge in [-0.25, -0.2) is 9.10 Å². The normalized spacial score (nSPS) is 14.9. The first-order valence-corrected chi connectivity index (χ1v) is 14.4. The van der Waals surface area contributed by atoms with E-state index >= 15 is 0 Å². The molecule has 3 rings (SSSR count). The molecule has 1 fully saturated rings. The zero-order chi connectivity index (χ0) is 25.6. The van der Waals surface area contributed by atoms with Crippen LogP contribution in [0.3, 0.4) is 0 Å². The molecule has 4 nitrogen and oxygen atoms in total. The van der Waals surface area contributed by atoms with E-state index in [0.29, 0.717) is 16.0 Å². The molecule has 0 saturated carbocycles. The largest absolute Gasteiger partial charge is 0.478 e. The summed E-state index contributed by atoms with van der Waals surface area (Å²) in [5.41, 5.74) is 1.33. The molecule has 2 aromatic carbocycles. The Labute approximate surface area is 215 Å². The monoisotopic (exact) mass is 628 g/mol. The number of nitrogens with zero attached hydrogens (tertiary/aromatic N) is 2. The number of hydrogen-bond acceptors (Lipinski definition) is 4. The van der Waals surface area contributed by atoms with Crippen molar-refractivity contribution in [3.8, 4) is 11.1 Å². The van der Waals surface area contributed by atoms with Crippen molar-refractivity contribution in [1.82, 2.24) is 4.31 Å². The van der Waals surface area contributed by atoms with E-state index in [1.165, 1.54) is 29.0 Å². The number of benzene rings is 2. The number of rotatable bonds is 11. The number of anilines is 1. The van der Waals surface area contributed by atoms with Crippen LogP contribution < -0.4 is 4.90 Å². The molecule has 0 amide bonds. The fourth-order valence-corrected chi connectivity index (χ4v) is 5.64. The fourth-order valence-electron chi connectivity index (χ4n) is 3.80. The van der Waals surface area contributed by atoms with Gasteiger partial charge in [-0.2, -0.15) is 22.0 Å². The maximum Gasteiger partial charge on any atom is 0.390 e. The van der Waals surface area contributed by atoms with E-state index in [1.54, 1.807) is 30.3 Å². The van der Waals surface area contributed by atoms with Gasteiger partial charge in [0, 0.05) is 48.7 Å². The molecule has 11 heteroatoms. The molecule has 0 aromatic heterocycles. The Morgan fingerprint density at radius 2 is 1.69 bits per heavy atom. The minimum atomic E-state index is -4.50. The topological polar surface area (TPSA) is 43.8 Å². The highest BCUT2D eigenvalue weighted by Crippen LogP contribution is 2.43. The van der Waals surface area contributed by atoms with Crippen molar-refractivity contribution in [1.29, 1.82) is 0 Å². The molecule has 1 N–H and O–H groups in total. The van der Waals surface area contributed by atoms with Crippen LogP contribution in [0.5, 0.6) is 0 Å². The predicted octanol–water partition coefficient (Wildman–Crippen LogP) is 7.30. The number of carboxylic acid groups (broad SMARTS) is 1. The van der Waals surface area contributed by atoms with E-state index in [0.717, 1.165) is 25.9 Å². The van der Waals surface area contributed by atoms with Crippen molar-refractivity contribution in [3.63, 3.8) is 0 Å². The van der Waals surface area contributed by atoms with Crippen LogP contribution in [0.1, 0.15) is 36.0 Å². The van der Waals surface area contributed by atoms with Gasteiger partial charge in [0.2, 0.25) is 0 Å². The molecule has 35 heavy (non-hydrogen) atoms. The van der Waals surface area contributed by atoms with E-state index in [1.807, 2.05) is 0 Å². The second-order valence-electron chi connectivity index (χ2n) is 8.12. The Morgan fingerprint density at radius 3 is 2.26 bits per heavy atom. The van der Waals surface area contributed by atoms with Crippen molar-refractivity contribution in [3.05, 3.63) is 48.0 Å². The van der Waals surface area contributed by atoms with Gasteiger partial charge >= 0.3 is 12.1 Å². The summed E-state index contributed by atoms with van der Waals surface area (Å²) in [4.78, 5) is 13.8. The number of carboxylic acids is 1. The highest BCUT2D eigenvalue weighted by atomic mass is 127. The van der Waals surface area contributed by atoms with Crippen LogP contribution in [0.25, 0.3) is 11.1 Å². The van der Waals surface area contributed by atoms with Crippen molar-refractivity contribution < 1.29 is 31.9 Å². The molecule has 1 heterocycles. The first kappa shape index (κ1) is 27.9. The average molecular weight is 628 g/mol. The first-order chi connectivity index (χ1) is 16.5. The minimum absolute atomic E-state index is 0.102. The lowest BCUT2D eigenvalue weighted by Gasteiger charge is -2.31. The Bertz CT molecular complexity index is 1030. The molecule has 0 bridgehead atoms. The molecule has 0 unspecified atom stereocenters. The number of alkyl halides is 6. The van der Waals surface area contributed by atoms with Gasteiger partial charge in [0.25, 0.3) is 3.93 Å². The molecule has 1 aliphatic heterocycles. The van der Waals surface area contributed by atoms with Gasteiger partial charge < -0.3 is 10.0 Å². The van der Waals surface area contributed by atoms with Crippen LogP contribution in [-0.2, 0) is 0 Å². The van der Waals surface area contributed by atoms with Crippen LogP contribution in [0.4, 0.5) is 27.6 Å². The second kappa shape index (κ2) is 12.0. The van der Waals surface area contributed by atoms with Gasteiger partial charge in [-0.05, 0) is 42.5 Å². The SMILES string of the molecule is C=IC(F)(F)CCN(CCC(F)(F)F)c1cc(C(=O)O)cc(SN2CCCC2)c1-c1ccccc1. The quantitative estimate of drug-likeness (QED) is 0.123. The first-order valence-electron chi connectivity index (χ1n) is 11.0. The van der Waals surface area contributed by atoms with Gasteiger partial charge in [0.15, 0.2) is 0 Å². The Kier molecular flexibility index (Phi) is 9.55.